The average molecular weight is 395 g/mol. The maximum atomic E-state index is 10.5. The highest BCUT2D eigenvalue weighted by molar-refractivity contribution is 7.22. The Morgan fingerprint density at radius 1 is 0.552 bits per heavy atom. The van der Waals surface area contributed by atoms with Gasteiger partial charge in [-0.05, 0) is 69.0 Å². The van der Waals surface area contributed by atoms with Crippen LogP contribution >= 0.6 is 0 Å². The maximum absolute atomic E-state index is 10.5. The normalized spacial score (nSPS) is 13.7. The quantitative estimate of drug-likeness (QED) is 0.452. The van der Waals surface area contributed by atoms with Gasteiger partial charge in [0, 0.05) is 0 Å². The first-order valence-corrected chi connectivity index (χ1v) is 11.8. The molecule has 0 saturated heterocycles. The molecule has 4 aromatic carbocycles. The third-order valence-corrected chi connectivity index (χ3v) is 11.0. The van der Waals surface area contributed by atoms with E-state index >= 15 is 0 Å². The summed E-state index contributed by atoms with van der Waals surface area (Å²) < 4.78 is 0. The van der Waals surface area contributed by atoms with Gasteiger partial charge in [0.25, 0.3) is 0 Å². The highest BCUT2D eigenvalue weighted by atomic mass is 28.3. The number of aromatic hydroxyl groups is 2. The number of aryl methyl sites for hydroxylation is 2. The lowest BCUT2D eigenvalue weighted by molar-refractivity contribution is 0.470. The zero-order valence-corrected chi connectivity index (χ0v) is 17.5. The zero-order valence-electron chi connectivity index (χ0n) is 16.5. The molecule has 29 heavy (non-hydrogen) atoms. The number of fused-ring (bicyclic) bond motifs is 3. The Morgan fingerprint density at radius 3 is 1.31 bits per heavy atom. The maximum Gasteiger partial charge on any atom is 0.180 e. The molecule has 0 saturated carbocycles. The molecule has 1 aliphatic rings. The van der Waals surface area contributed by atoms with Crippen molar-refractivity contribution in [1.82, 2.24) is 0 Å². The first-order chi connectivity index (χ1) is 14.0. The Balaban J connectivity index is 2.01. The Hall–Kier alpha value is -3.30. The van der Waals surface area contributed by atoms with E-state index in [9.17, 15) is 10.2 Å². The Labute approximate surface area is 171 Å². The molecule has 4 aromatic rings. The molecule has 0 amide bonds. The third-order valence-electron chi connectivity index (χ3n) is 6.18. The van der Waals surface area contributed by atoms with E-state index in [0.29, 0.717) is 11.5 Å². The Bertz CT molecular complexity index is 1130. The molecule has 2 nitrogen and oxygen atoms in total. The summed E-state index contributed by atoms with van der Waals surface area (Å²) in [7, 11) is -2.56. The molecule has 0 aromatic heterocycles. The molecular formula is C26H22O2Si. The fraction of sp³-hybridized carbons (Fsp3) is 0.0769. The van der Waals surface area contributed by atoms with Crippen molar-refractivity contribution in [2.24, 2.45) is 0 Å². The molecule has 0 spiro atoms. The van der Waals surface area contributed by atoms with Gasteiger partial charge >= 0.3 is 0 Å². The second-order valence-corrected chi connectivity index (χ2v) is 11.6. The highest BCUT2D eigenvalue weighted by Crippen LogP contribution is 2.35. The van der Waals surface area contributed by atoms with Gasteiger partial charge in [-0.25, -0.2) is 0 Å². The topological polar surface area (TPSA) is 40.5 Å². The van der Waals surface area contributed by atoms with Crippen molar-refractivity contribution in [3.05, 3.63) is 96.1 Å². The fourth-order valence-electron chi connectivity index (χ4n) is 4.77. The van der Waals surface area contributed by atoms with Crippen molar-refractivity contribution >= 4 is 28.8 Å². The van der Waals surface area contributed by atoms with E-state index in [1.165, 1.54) is 20.7 Å². The van der Waals surface area contributed by atoms with Gasteiger partial charge < -0.3 is 10.2 Å². The molecule has 0 fully saturated rings. The monoisotopic (exact) mass is 394 g/mol. The number of benzene rings is 4. The summed E-state index contributed by atoms with van der Waals surface area (Å²) in [5, 5.41) is 26.1. The van der Waals surface area contributed by atoms with Gasteiger partial charge in [0.15, 0.2) is 8.07 Å². The fourth-order valence-corrected chi connectivity index (χ4v) is 10.1. The SMILES string of the molecule is Cc1cc2c(cc1O)-c1cc(O)c(C)cc1[Si]2(c1ccccc1)c1ccccc1. The summed E-state index contributed by atoms with van der Waals surface area (Å²) in [5.74, 6) is 0.585. The second kappa shape index (κ2) is 6.36. The van der Waals surface area contributed by atoms with Crippen LogP contribution in [-0.4, -0.2) is 18.3 Å². The number of hydrogen-bond acceptors (Lipinski definition) is 2. The van der Waals surface area contributed by atoms with E-state index in [-0.39, 0.29) is 0 Å². The summed E-state index contributed by atoms with van der Waals surface area (Å²) in [6.45, 7) is 3.91. The van der Waals surface area contributed by atoms with Crippen molar-refractivity contribution in [1.29, 1.82) is 0 Å². The van der Waals surface area contributed by atoms with Crippen LogP contribution in [0.2, 0.25) is 0 Å². The lowest BCUT2D eigenvalue weighted by Gasteiger charge is -2.31. The number of rotatable bonds is 2. The molecule has 0 atom stereocenters. The summed E-state index contributed by atoms with van der Waals surface area (Å²) in [6, 6.07) is 29.5. The second-order valence-electron chi connectivity index (χ2n) is 7.85. The largest absolute Gasteiger partial charge is 0.508 e. The molecule has 0 unspecified atom stereocenters. The molecule has 1 heterocycles. The summed E-state index contributed by atoms with van der Waals surface area (Å²) in [6.07, 6.45) is 0. The van der Waals surface area contributed by atoms with Crippen LogP contribution in [0.15, 0.2) is 84.9 Å². The smallest absolute Gasteiger partial charge is 0.180 e. The van der Waals surface area contributed by atoms with Crippen LogP contribution in [0.3, 0.4) is 0 Å². The van der Waals surface area contributed by atoms with E-state index in [1.807, 2.05) is 26.0 Å². The van der Waals surface area contributed by atoms with E-state index in [4.69, 9.17) is 0 Å². The molecular weight excluding hydrogens is 372 g/mol. The number of hydrogen-bond donors (Lipinski definition) is 2. The Kier molecular flexibility index (Phi) is 3.90. The van der Waals surface area contributed by atoms with Crippen molar-refractivity contribution in [3.63, 3.8) is 0 Å². The minimum Gasteiger partial charge on any atom is -0.508 e. The number of phenolic OH excluding ortho intramolecular Hbond substituents is 2. The Morgan fingerprint density at radius 2 is 0.931 bits per heavy atom. The van der Waals surface area contributed by atoms with Crippen molar-refractivity contribution in [2.45, 2.75) is 13.8 Å². The van der Waals surface area contributed by atoms with Crippen LogP contribution in [0.4, 0.5) is 0 Å². The minimum atomic E-state index is -2.56. The van der Waals surface area contributed by atoms with Crippen LogP contribution in [-0.2, 0) is 0 Å². The van der Waals surface area contributed by atoms with E-state index in [0.717, 1.165) is 22.3 Å². The van der Waals surface area contributed by atoms with Crippen LogP contribution in [0.5, 0.6) is 11.5 Å². The lowest BCUT2D eigenvalue weighted by Crippen LogP contribution is -2.72. The average Bonchev–Trinajstić information content (AvgIpc) is 2.99. The van der Waals surface area contributed by atoms with Gasteiger partial charge in [-0.2, -0.15) is 0 Å². The van der Waals surface area contributed by atoms with Gasteiger partial charge in [0.1, 0.15) is 11.5 Å². The molecule has 3 heteroatoms. The highest BCUT2D eigenvalue weighted by Gasteiger charge is 2.49. The first-order valence-electron chi connectivity index (χ1n) is 9.83. The standard InChI is InChI=1S/C26H22O2Si/c1-17-13-25-21(15-23(17)27)22-16-24(28)18(2)14-26(22)29(25,19-9-5-3-6-10-19)20-11-7-4-8-12-20/h3-16,27-28H,1-2H3. The van der Waals surface area contributed by atoms with Gasteiger partial charge in [-0.3, -0.25) is 0 Å². The van der Waals surface area contributed by atoms with Gasteiger partial charge in [-0.15, -0.1) is 0 Å². The minimum absolute atomic E-state index is 0.292. The molecule has 0 aliphatic carbocycles. The molecule has 142 valence electrons. The van der Waals surface area contributed by atoms with Crippen molar-refractivity contribution in [3.8, 4) is 22.6 Å². The van der Waals surface area contributed by atoms with E-state index < -0.39 is 8.07 Å². The predicted molar refractivity (Wildman–Crippen MR) is 122 cm³/mol. The zero-order chi connectivity index (χ0) is 20.2. The van der Waals surface area contributed by atoms with Crippen molar-refractivity contribution in [2.75, 3.05) is 0 Å². The molecule has 0 bridgehead atoms. The summed E-state index contributed by atoms with van der Waals surface area (Å²) in [4.78, 5) is 0. The van der Waals surface area contributed by atoms with Gasteiger partial charge in [-0.1, -0.05) is 72.8 Å². The first kappa shape index (κ1) is 17.8. The number of phenols is 2. The van der Waals surface area contributed by atoms with Gasteiger partial charge in [0.2, 0.25) is 0 Å². The van der Waals surface area contributed by atoms with Gasteiger partial charge in [0.05, 0.1) is 0 Å². The van der Waals surface area contributed by atoms with E-state index in [2.05, 4.69) is 72.8 Å². The molecule has 5 rings (SSSR count). The molecule has 0 radical (unpaired) electrons. The van der Waals surface area contributed by atoms with E-state index in [1.54, 1.807) is 0 Å². The predicted octanol–water partition coefficient (Wildman–Crippen LogP) is 3.07. The van der Waals surface area contributed by atoms with Crippen LogP contribution in [0, 0.1) is 13.8 Å². The molecule has 1 aliphatic heterocycles. The van der Waals surface area contributed by atoms with Crippen LogP contribution in [0.25, 0.3) is 11.1 Å². The van der Waals surface area contributed by atoms with Crippen LogP contribution < -0.4 is 20.7 Å². The third kappa shape index (κ3) is 2.41. The van der Waals surface area contributed by atoms with Crippen LogP contribution in [0.1, 0.15) is 11.1 Å². The van der Waals surface area contributed by atoms with Crippen molar-refractivity contribution < 1.29 is 10.2 Å². The lowest BCUT2D eigenvalue weighted by atomic mass is 10.0. The summed E-state index contributed by atoms with van der Waals surface area (Å²) in [5.41, 5.74) is 3.80. The molecule has 2 N–H and O–H groups in total. The summed E-state index contributed by atoms with van der Waals surface area (Å²) >= 11 is 0.